The summed E-state index contributed by atoms with van der Waals surface area (Å²) < 4.78 is 30.5. The van der Waals surface area contributed by atoms with Crippen molar-refractivity contribution in [1.29, 1.82) is 0 Å². The number of hydrogen-bond acceptors (Lipinski definition) is 5. The number of carbonyl (C=O) groups is 1. The third kappa shape index (κ3) is 5.00. The van der Waals surface area contributed by atoms with Gasteiger partial charge in [0.1, 0.15) is 29.3 Å². The molecule has 0 radical (unpaired) electrons. The molecule has 10 heteroatoms. The number of anilines is 1. The number of fused-ring (bicyclic) bond motifs is 1. The summed E-state index contributed by atoms with van der Waals surface area (Å²) in [6.07, 6.45) is 7.75. The van der Waals surface area contributed by atoms with E-state index in [-0.39, 0.29) is 17.2 Å². The molecule has 2 aromatic carbocycles. The maximum atomic E-state index is 13.6. The number of imidazole rings is 2. The number of aliphatic imine (C=N–C) groups is 1. The second kappa shape index (κ2) is 10.4. The number of halogens is 2. The van der Waals surface area contributed by atoms with Gasteiger partial charge in [0.05, 0.1) is 11.9 Å². The van der Waals surface area contributed by atoms with E-state index in [2.05, 4.69) is 26.9 Å². The lowest BCUT2D eigenvalue weighted by molar-refractivity contribution is -0.112. The van der Waals surface area contributed by atoms with Gasteiger partial charge in [0.15, 0.2) is 11.5 Å². The van der Waals surface area contributed by atoms with Crippen molar-refractivity contribution in [3.8, 4) is 28.3 Å². The first-order valence-corrected chi connectivity index (χ1v) is 11.5. The van der Waals surface area contributed by atoms with Crippen molar-refractivity contribution in [3.63, 3.8) is 0 Å². The minimum atomic E-state index is -0.427. The van der Waals surface area contributed by atoms with E-state index in [9.17, 15) is 13.6 Å². The molecule has 3 heterocycles. The Hall–Kier alpha value is -5.25. The summed E-state index contributed by atoms with van der Waals surface area (Å²) in [5.74, 6) is -0.863. The second-order valence-corrected chi connectivity index (χ2v) is 8.14. The van der Waals surface area contributed by atoms with Gasteiger partial charge in [-0.1, -0.05) is 6.58 Å². The molecule has 0 aliphatic rings. The summed E-state index contributed by atoms with van der Waals surface area (Å²) in [5.41, 5.74) is 3.76. The molecule has 1 amide bonds. The number of aromatic nitrogens is 5. The van der Waals surface area contributed by atoms with Crippen molar-refractivity contribution in [2.45, 2.75) is 6.92 Å². The number of amides is 1. The molecule has 188 valence electrons. The van der Waals surface area contributed by atoms with Crippen LogP contribution in [0.25, 0.3) is 34.0 Å². The van der Waals surface area contributed by atoms with E-state index < -0.39 is 5.91 Å². The molecule has 0 atom stereocenters. The molecular formula is C28H21F2N7O. The zero-order chi connectivity index (χ0) is 26.6. The number of nitrogens with one attached hydrogen (secondary N) is 1. The second-order valence-electron chi connectivity index (χ2n) is 8.14. The molecule has 1 N–H and O–H groups in total. The van der Waals surface area contributed by atoms with Crippen molar-refractivity contribution in [1.82, 2.24) is 24.1 Å². The van der Waals surface area contributed by atoms with Crippen molar-refractivity contribution in [2.75, 3.05) is 5.32 Å². The Kier molecular flexibility index (Phi) is 6.68. The topological polar surface area (TPSA) is 89.5 Å². The molecule has 0 aliphatic carbocycles. The van der Waals surface area contributed by atoms with E-state index in [1.54, 1.807) is 66.6 Å². The van der Waals surface area contributed by atoms with Gasteiger partial charge < -0.3 is 5.32 Å². The molecule has 0 saturated carbocycles. The summed E-state index contributed by atoms with van der Waals surface area (Å²) in [6.45, 7) is 5.50. The number of hydrogen-bond donors (Lipinski definition) is 1. The van der Waals surface area contributed by atoms with Gasteiger partial charge in [-0.3, -0.25) is 14.4 Å². The van der Waals surface area contributed by atoms with Gasteiger partial charge in [0, 0.05) is 29.2 Å². The zero-order valence-corrected chi connectivity index (χ0v) is 20.2. The number of carbonyl (C=O) groups excluding carboxylic acids is 1. The Morgan fingerprint density at radius 2 is 1.74 bits per heavy atom. The van der Waals surface area contributed by atoms with E-state index in [0.717, 1.165) is 0 Å². The van der Waals surface area contributed by atoms with Gasteiger partial charge >= 0.3 is 0 Å². The van der Waals surface area contributed by atoms with E-state index in [1.807, 2.05) is 0 Å². The Balaban J connectivity index is 1.55. The monoisotopic (exact) mass is 509 g/mol. The van der Waals surface area contributed by atoms with Gasteiger partial charge in [-0.05, 0) is 73.7 Å². The van der Waals surface area contributed by atoms with Gasteiger partial charge in [-0.15, -0.1) is 0 Å². The average Bonchev–Trinajstić information content (AvgIpc) is 3.53. The zero-order valence-electron chi connectivity index (χ0n) is 20.2. The van der Waals surface area contributed by atoms with E-state index in [1.165, 1.54) is 41.1 Å². The summed E-state index contributed by atoms with van der Waals surface area (Å²) in [7, 11) is 0. The average molecular weight is 510 g/mol. The first-order valence-electron chi connectivity index (χ1n) is 11.5. The third-order valence-corrected chi connectivity index (χ3v) is 5.60. The van der Waals surface area contributed by atoms with Crippen LogP contribution in [0.5, 0.6) is 0 Å². The fourth-order valence-corrected chi connectivity index (χ4v) is 3.77. The normalized spacial score (nSPS) is 11.6. The van der Waals surface area contributed by atoms with Crippen LogP contribution in [-0.2, 0) is 4.79 Å². The Bertz CT molecular complexity index is 1630. The van der Waals surface area contributed by atoms with Gasteiger partial charge in [0.25, 0.3) is 5.91 Å². The fraction of sp³-hybridized carbons (Fsp3) is 0.0357. The molecule has 3 aromatic heterocycles. The summed E-state index contributed by atoms with van der Waals surface area (Å²) >= 11 is 0. The lowest BCUT2D eigenvalue weighted by atomic mass is 10.1. The van der Waals surface area contributed by atoms with Crippen molar-refractivity contribution in [3.05, 3.63) is 109 Å². The molecule has 8 nitrogen and oxygen atoms in total. The molecule has 0 unspecified atom stereocenters. The van der Waals surface area contributed by atoms with Crippen LogP contribution >= 0.6 is 0 Å². The molecule has 0 spiro atoms. The number of rotatable bonds is 7. The van der Waals surface area contributed by atoms with Gasteiger partial charge in [0.2, 0.25) is 0 Å². The highest BCUT2D eigenvalue weighted by molar-refractivity contribution is 6.04. The molecule has 5 rings (SSSR count). The minimum absolute atomic E-state index is 0.216. The molecular weight excluding hydrogens is 488 g/mol. The minimum Gasteiger partial charge on any atom is -0.305 e. The van der Waals surface area contributed by atoms with Crippen LogP contribution in [0.3, 0.4) is 0 Å². The summed E-state index contributed by atoms with van der Waals surface area (Å²) in [5, 5.41) is 7.39. The smallest absolute Gasteiger partial charge is 0.256 e. The lowest BCUT2D eigenvalue weighted by Gasteiger charge is -2.10. The SMILES string of the molecule is C=C(/C=C\N=CC)C(=O)Nc1cn2nc(-c3c(-c4ccc(F)cc4)ncn3-c3ccc(F)cc3)ccc2n1. The summed E-state index contributed by atoms with van der Waals surface area (Å²) in [6, 6.07) is 15.5. The first kappa shape index (κ1) is 24.4. The van der Waals surface area contributed by atoms with Crippen LogP contribution in [0, 0.1) is 11.6 Å². The van der Waals surface area contributed by atoms with Crippen LogP contribution in [0.15, 0.2) is 103 Å². The highest BCUT2D eigenvalue weighted by Crippen LogP contribution is 2.32. The molecule has 5 aromatic rings. The van der Waals surface area contributed by atoms with Crippen molar-refractivity contribution >= 4 is 23.6 Å². The van der Waals surface area contributed by atoms with E-state index in [4.69, 9.17) is 5.10 Å². The maximum Gasteiger partial charge on any atom is 0.256 e. The number of nitrogens with zero attached hydrogens (tertiary/aromatic N) is 6. The Labute approximate surface area is 216 Å². The molecule has 0 fully saturated rings. The predicted octanol–water partition coefficient (Wildman–Crippen LogP) is 5.63. The van der Waals surface area contributed by atoms with Crippen LogP contribution in [0.2, 0.25) is 0 Å². The number of benzene rings is 2. The third-order valence-electron chi connectivity index (χ3n) is 5.60. The molecule has 0 aliphatic heterocycles. The van der Waals surface area contributed by atoms with Crippen LogP contribution in [0.4, 0.5) is 14.6 Å². The highest BCUT2D eigenvalue weighted by atomic mass is 19.1. The largest absolute Gasteiger partial charge is 0.305 e. The van der Waals surface area contributed by atoms with Crippen molar-refractivity contribution in [2.24, 2.45) is 4.99 Å². The quantitative estimate of drug-likeness (QED) is 0.175. The Morgan fingerprint density at radius 1 is 1.03 bits per heavy atom. The van der Waals surface area contributed by atoms with Gasteiger partial charge in [-0.25, -0.2) is 23.3 Å². The Morgan fingerprint density at radius 3 is 2.45 bits per heavy atom. The van der Waals surface area contributed by atoms with E-state index in [0.29, 0.717) is 39.8 Å². The first-order chi connectivity index (χ1) is 18.4. The van der Waals surface area contributed by atoms with E-state index >= 15 is 0 Å². The predicted molar refractivity (Wildman–Crippen MR) is 142 cm³/mol. The van der Waals surface area contributed by atoms with Crippen LogP contribution in [-0.4, -0.2) is 36.3 Å². The molecule has 38 heavy (non-hydrogen) atoms. The molecule has 0 bridgehead atoms. The van der Waals surface area contributed by atoms with Crippen LogP contribution < -0.4 is 5.32 Å². The molecule has 0 saturated heterocycles. The van der Waals surface area contributed by atoms with Gasteiger partial charge in [-0.2, -0.15) is 5.10 Å². The summed E-state index contributed by atoms with van der Waals surface area (Å²) in [4.78, 5) is 25.3. The van der Waals surface area contributed by atoms with Crippen molar-refractivity contribution < 1.29 is 13.6 Å². The standard InChI is InChI=1S/C28H21F2N7O/c1-3-31-15-14-18(2)28(38)34-24-16-37-25(33-24)13-12-23(35-37)27-26(19-4-6-20(29)7-5-19)32-17-36(27)22-10-8-21(30)9-11-22/h3-17H,2H2,1H3,(H,34,38)/b15-14-,31-3?. The lowest BCUT2D eigenvalue weighted by Crippen LogP contribution is -2.12. The highest BCUT2D eigenvalue weighted by Gasteiger charge is 2.19. The van der Waals surface area contributed by atoms with Crippen LogP contribution in [0.1, 0.15) is 6.92 Å². The maximum absolute atomic E-state index is 13.6. The fourth-order valence-electron chi connectivity index (χ4n) is 3.77.